The van der Waals surface area contributed by atoms with Crippen molar-refractivity contribution in [2.75, 3.05) is 0 Å². The van der Waals surface area contributed by atoms with Gasteiger partial charge in [0.15, 0.2) is 0 Å². The van der Waals surface area contributed by atoms with E-state index in [1.54, 1.807) is 0 Å². The zero-order valence-corrected chi connectivity index (χ0v) is 12.1. The van der Waals surface area contributed by atoms with E-state index in [4.69, 9.17) is 0 Å². The summed E-state index contributed by atoms with van der Waals surface area (Å²) in [5, 5.41) is 0. The molecular weight excluding hydrogens is 259 g/mol. The van der Waals surface area contributed by atoms with Gasteiger partial charge < -0.3 is 0 Å². The van der Waals surface area contributed by atoms with E-state index in [1.807, 2.05) is 0 Å². The van der Waals surface area contributed by atoms with E-state index in [1.165, 1.54) is 11.1 Å². The van der Waals surface area contributed by atoms with E-state index in [0.29, 0.717) is 0 Å². The van der Waals surface area contributed by atoms with Crippen LogP contribution < -0.4 is 0 Å². The molecule has 0 unspecified atom stereocenters. The van der Waals surface area contributed by atoms with Crippen LogP contribution >= 0.6 is 0 Å². The third-order valence-corrected chi connectivity index (χ3v) is 2.29. The number of hydrogen-bond acceptors (Lipinski definition) is 0. The summed E-state index contributed by atoms with van der Waals surface area (Å²) < 4.78 is 0. The maximum Gasteiger partial charge on any atom is 2.00 e. The third-order valence-electron chi connectivity index (χ3n) is 2.29. The maximum atomic E-state index is 3.21. The molecule has 0 nitrogen and oxygen atoms in total. The van der Waals surface area contributed by atoms with Gasteiger partial charge >= 0.3 is 26.2 Å². The van der Waals surface area contributed by atoms with E-state index in [2.05, 4.69) is 50.3 Å². The Bertz CT molecular complexity index is 250. The molecule has 0 aromatic heterocycles. The largest absolute Gasteiger partial charge is 2.00 e. The van der Waals surface area contributed by atoms with Crippen molar-refractivity contribution in [3.63, 3.8) is 0 Å². The van der Waals surface area contributed by atoms with Crippen LogP contribution in [0.1, 0.15) is 39.5 Å². The van der Waals surface area contributed by atoms with Gasteiger partial charge in [-0.05, 0) is 0 Å². The number of allylic oxidation sites excluding steroid dienone is 8. The van der Waals surface area contributed by atoms with Crippen LogP contribution in [0.3, 0.4) is 0 Å². The van der Waals surface area contributed by atoms with Crippen LogP contribution in [0, 0.1) is 12.2 Å². The van der Waals surface area contributed by atoms with Crippen molar-refractivity contribution in [1.29, 1.82) is 0 Å². The Kier molecular flexibility index (Phi) is 9.00. The molecule has 0 N–H and O–H groups in total. The van der Waals surface area contributed by atoms with E-state index >= 15 is 0 Å². The summed E-state index contributed by atoms with van der Waals surface area (Å²) in [4.78, 5) is 0. The molecule has 0 bridgehead atoms. The Hall–Kier alpha value is -0.157. The molecule has 1 heteroatoms. The topological polar surface area (TPSA) is 0 Å². The molecule has 0 spiro atoms. The van der Waals surface area contributed by atoms with Gasteiger partial charge in [-0.1, -0.05) is 26.7 Å². The normalized spacial score (nSPS) is 16.4. The molecule has 78 valence electrons. The van der Waals surface area contributed by atoms with Gasteiger partial charge in [-0.15, -0.1) is 12.8 Å². The van der Waals surface area contributed by atoms with Crippen molar-refractivity contribution < 1.29 is 26.2 Å². The number of hydrogen-bond donors (Lipinski definition) is 0. The zero-order chi connectivity index (χ0) is 10.2. The average Bonchev–Trinajstić information content (AvgIpc) is 2.92. The van der Waals surface area contributed by atoms with Gasteiger partial charge in [0.2, 0.25) is 0 Å². The van der Waals surface area contributed by atoms with Gasteiger partial charge in [0, 0.05) is 0 Å². The van der Waals surface area contributed by atoms with Gasteiger partial charge in [-0.25, -0.2) is 23.3 Å². The minimum Gasteiger partial charge on any atom is -0.270 e. The predicted octanol–water partition coefficient (Wildman–Crippen LogP) is 4.17. The molecule has 2 aliphatic rings. The number of rotatable bonds is 2. The molecule has 0 aliphatic heterocycles. The van der Waals surface area contributed by atoms with Crippen LogP contribution in [0.4, 0.5) is 0 Å². The standard InChI is InChI=1S/2C7H9.Zr/c2*1-2-7-5-3-4-6-7;/h2*3,5H,2,4H2,1H3;/q2*-1;+2. The molecule has 0 saturated carbocycles. The van der Waals surface area contributed by atoms with Crippen LogP contribution in [0.2, 0.25) is 0 Å². The quantitative estimate of drug-likeness (QED) is 0.665. The second kappa shape index (κ2) is 9.10. The molecule has 2 aliphatic carbocycles. The van der Waals surface area contributed by atoms with Crippen LogP contribution in [0.5, 0.6) is 0 Å². The van der Waals surface area contributed by atoms with E-state index in [0.717, 1.165) is 25.7 Å². The summed E-state index contributed by atoms with van der Waals surface area (Å²) >= 11 is 0. The Morgan fingerprint density at radius 3 is 1.47 bits per heavy atom. The average molecular weight is 278 g/mol. The SMILES string of the molecule is CCC1=[C-]CC=C1.CCC1=[C-]CC=C1.[Zr+2]. The molecule has 0 heterocycles. The molecule has 0 aromatic carbocycles. The van der Waals surface area contributed by atoms with E-state index < -0.39 is 0 Å². The molecular formula is C14H18Zr. The van der Waals surface area contributed by atoms with Crippen LogP contribution in [0.15, 0.2) is 35.5 Å². The zero-order valence-electron chi connectivity index (χ0n) is 9.64. The molecule has 15 heavy (non-hydrogen) atoms. The molecule has 0 radical (unpaired) electrons. The Balaban J connectivity index is 0.000000245. The summed E-state index contributed by atoms with van der Waals surface area (Å²) in [5.41, 5.74) is 2.72. The van der Waals surface area contributed by atoms with Crippen molar-refractivity contribution in [3.8, 4) is 0 Å². The Labute approximate surface area is 113 Å². The first-order chi connectivity index (χ1) is 6.86. The Morgan fingerprint density at radius 2 is 1.33 bits per heavy atom. The molecule has 0 aromatic rings. The third kappa shape index (κ3) is 6.10. The summed E-state index contributed by atoms with van der Waals surface area (Å²) in [7, 11) is 0. The van der Waals surface area contributed by atoms with Crippen LogP contribution in [0.25, 0.3) is 0 Å². The molecule has 0 amide bonds. The molecule has 0 atom stereocenters. The fraction of sp³-hybridized carbons (Fsp3) is 0.429. The fourth-order valence-electron chi connectivity index (χ4n) is 1.39. The van der Waals surface area contributed by atoms with Crippen molar-refractivity contribution in [3.05, 3.63) is 47.6 Å². The first-order valence-corrected chi connectivity index (χ1v) is 5.39. The minimum absolute atomic E-state index is 0. The van der Waals surface area contributed by atoms with E-state index in [-0.39, 0.29) is 26.2 Å². The van der Waals surface area contributed by atoms with Crippen molar-refractivity contribution in [2.24, 2.45) is 0 Å². The fourth-order valence-corrected chi connectivity index (χ4v) is 1.39. The summed E-state index contributed by atoms with van der Waals surface area (Å²) in [6.07, 6.45) is 19.3. The monoisotopic (exact) mass is 276 g/mol. The van der Waals surface area contributed by atoms with Gasteiger partial charge in [0.1, 0.15) is 0 Å². The van der Waals surface area contributed by atoms with Crippen molar-refractivity contribution >= 4 is 0 Å². The van der Waals surface area contributed by atoms with E-state index in [9.17, 15) is 0 Å². The first-order valence-electron chi connectivity index (χ1n) is 5.39. The van der Waals surface area contributed by atoms with Crippen LogP contribution in [-0.4, -0.2) is 0 Å². The predicted molar refractivity (Wildman–Crippen MR) is 61.6 cm³/mol. The van der Waals surface area contributed by atoms with Gasteiger partial charge in [-0.2, -0.15) is 12.2 Å². The summed E-state index contributed by atoms with van der Waals surface area (Å²) in [5.74, 6) is 0. The molecule has 0 saturated heterocycles. The first kappa shape index (κ1) is 14.8. The minimum atomic E-state index is 0. The van der Waals surface area contributed by atoms with Crippen molar-refractivity contribution in [1.82, 2.24) is 0 Å². The molecule has 0 fully saturated rings. The molecule has 2 rings (SSSR count). The van der Waals surface area contributed by atoms with Crippen molar-refractivity contribution in [2.45, 2.75) is 39.5 Å². The Morgan fingerprint density at radius 1 is 0.933 bits per heavy atom. The smallest absolute Gasteiger partial charge is 0.270 e. The summed E-state index contributed by atoms with van der Waals surface area (Å²) in [6, 6.07) is 0. The van der Waals surface area contributed by atoms with Gasteiger partial charge in [0.25, 0.3) is 0 Å². The van der Waals surface area contributed by atoms with Crippen LogP contribution in [-0.2, 0) is 26.2 Å². The maximum absolute atomic E-state index is 3.21. The van der Waals surface area contributed by atoms with Gasteiger partial charge in [0.05, 0.1) is 0 Å². The summed E-state index contributed by atoms with van der Waals surface area (Å²) in [6.45, 7) is 4.30. The van der Waals surface area contributed by atoms with Gasteiger partial charge in [-0.3, -0.25) is 12.2 Å². The second-order valence-electron chi connectivity index (χ2n) is 3.32. The second-order valence-corrected chi connectivity index (χ2v) is 3.32.